The van der Waals surface area contributed by atoms with Crippen LogP contribution in [0.1, 0.15) is 38.7 Å². The summed E-state index contributed by atoms with van der Waals surface area (Å²) in [5, 5.41) is 2.98. The van der Waals surface area contributed by atoms with Gasteiger partial charge in [-0.2, -0.15) is 0 Å². The van der Waals surface area contributed by atoms with Gasteiger partial charge in [0.15, 0.2) is 0 Å². The second-order valence-electron chi connectivity index (χ2n) is 5.80. The highest BCUT2D eigenvalue weighted by Gasteiger charge is 2.22. The van der Waals surface area contributed by atoms with E-state index in [4.69, 9.17) is 0 Å². The predicted octanol–water partition coefficient (Wildman–Crippen LogP) is 2.47. The molecule has 1 saturated heterocycles. The number of pyridine rings is 1. The van der Waals surface area contributed by atoms with E-state index >= 15 is 0 Å². The Balaban J connectivity index is 1.77. The second-order valence-corrected chi connectivity index (χ2v) is 5.80. The van der Waals surface area contributed by atoms with Crippen molar-refractivity contribution >= 4 is 12.0 Å². The van der Waals surface area contributed by atoms with Crippen molar-refractivity contribution in [2.75, 3.05) is 13.1 Å². The molecule has 0 spiro atoms. The fourth-order valence-corrected chi connectivity index (χ4v) is 2.85. The summed E-state index contributed by atoms with van der Waals surface area (Å²) in [7, 11) is 0. The van der Waals surface area contributed by atoms with Crippen LogP contribution in [0.4, 0.5) is 0 Å². The third-order valence-electron chi connectivity index (χ3n) is 4.10. The molecule has 0 aromatic carbocycles. The quantitative estimate of drug-likeness (QED) is 0.846. The van der Waals surface area contributed by atoms with Crippen LogP contribution in [-0.4, -0.2) is 41.0 Å². The van der Waals surface area contributed by atoms with Crippen molar-refractivity contribution in [1.82, 2.24) is 15.2 Å². The van der Waals surface area contributed by atoms with Gasteiger partial charge < -0.3 is 5.32 Å². The number of hydrogen-bond acceptors (Lipinski definition) is 3. The lowest BCUT2D eigenvalue weighted by atomic mass is 10.0. The molecule has 1 aliphatic heterocycles. The second kappa shape index (κ2) is 7.93. The largest absolute Gasteiger partial charge is 0.351 e. The molecule has 2 atom stereocenters. The molecule has 1 fully saturated rings. The van der Waals surface area contributed by atoms with Gasteiger partial charge in [-0.1, -0.05) is 12.5 Å². The van der Waals surface area contributed by atoms with E-state index < -0.39 is 0 Å². The molecule has 1 N–H and O–H groups in total. The SMILES string of the molecule is C[C@@H]1CCCCN1[C@H](C)CNC(=O)/C=C\c1cccnc1. The number of rotatable bonds is 5. The highest BCUT2D eigenvalue weighted by atomic mass is 16.1. The van der Waals surface area contributed by atoms with Crippen LogP contribution in [0.15, 0.2) is 30.6 Å². The highest BCUT2D eigenvalue weighted by molar-refractivity contribution is 5.91. The van der Waals surface area contributed by atoms with E-state index in [1.54, 1.807) is 24.5 Å². The Morgan fingerprint density at radius 2 is 2.43 bits per heavy atom. The molecule has 1 aromatic rings. The molecule has 0 saturated carbocycles. The van der Waals surface area contributed by atoms with Crippen LogP contribution in [0.5, 0.6) is 0 Å². The third-order valence-corrected chi connectivity index (χ3v) is 4.10. The lowest BCUT2D eigenvalue weighted by Gasteiger charge is -2.38. The molecule has 21 heavy (non-hydrogen) atoms. The first kappa shape index (κ1) is 15.7. The zero-order chi connectivity index (χ0) is 15.1. The van der Waals surface area contributed by atoms with Gasteiger partial charge in [0.05, 0.1) is 0 Å². The van der Waals surface area contributed by atoms with Crippen LogP contribution in [0, 0.1) is 0 Å². The first-order valence-corrected chi connectivity index (χ1v) is 7.78. The van der Waals surface area contributed by atoms with E-state index in [-0.39, 0.29) is 5.91 Å². The van der Waals surface area contributed by atoms with E-state index in [1.807, 2.05) is 12.1 Å². The number of nitrogens with zero attached hydrogens (tertiary/aromatic N) is 2. The molecule has 2 rings (SSSR count). The van der Waals surface area contributed by atoms with Gasteiger partial charge in [-0.25, -0.2) is 0 Å². The van der Waals surface area contributed by atoms with Crippen LogP contribution >= 0.6 is 0 Å². The molecule has 0 radical (unpaired) electrons. The molecule has 114 valence electrons. The van der Waals surface area contributed by atoms with Crippen LogP contribution in [0.2, 0.25) is 0 Å². The normalized spacial score (nSPS) is 21.3. The molecular formula is C17H25N3O. The average Bonchev–Trinajstić information content (AvgIpc) is 2.52. The standard InChI is InChI=1S/C17H25N3O/c1-14-6-3-4-11-20(14)15(2)12-19-17(21)9-8-16-7-5-10-18-13-16/h5,7-10,13-15H,3-4,6,11-12H2,1-2H3,(H,19,21)/b9-8-/t14-,15-/m1/s1. The summed E-state index contributed by atoms with van der Waals surface area (Å²) in [6, 6.07) is 4.79. The van der Waals surface area contributed by atoms with Gasteiger partial charge in [-0.05, 0) is 50.9 Å². The van der Waals surface area contributed by atoms with E-state index in [9.17, 15) is 4.79 Å². The minimum absolute atomic E-state index is 0.0460. The molecule has 0 unspecified atom stereocenters. The van der Waals surface area contributed by atoms with Gasteiger partial charge >= 0.3 is 0 Å². The fourth-order valence-electron chi connectivity index (χ4n) is 2.85. The Labute approximate surface area is 127 Å². The fraction of sp³-hybridized carbons (Fsp3) is 0.529. The summed E-state index contributed by atoms with van der Waals surface area (Å²) in [5.41, 5.74) is 0.936. The Hall–Kier alpha value is -1.68. The maximum atomic E-state index is 11.8. The minimum atomic E-state index is -0.0460. The van der Waals surface area contributed by atoms with Crippen LogP contribution in [-0.2, 0) is 4.79 Å². The van der Waals surface area contributed by atoms with Crippen molar-refractivity contribution in [3.8, 4) is 0 Å². The lowest BCUT2D eigenvalue weighted by Crippen LogP contribution is -2.48. The van der Waals surface area contributed by atoms with E-state index in [0.29, 0.717) is 18.6 Å². The zero-order valence-electron chi connectivity index (χ0n) is 13.0. The van der Waals surface area contributed by atoms with Crippen molar-refractivity contribution < 1.29 is 4.79 Å². The summed E-state index contributed by atoms with van der Waals surface area (Å²) in [6.07, 6.45) is 10.7. The maximum absolute atomic E-state index is 11.8. The molecule has 1 aliphatic rings. The molecule has 1 amide bonds. The Kier molecular flexibility index (Phi) is 5.93. The number of piperidine rings is 1. The van der Waals surface area contributed by atoms with Crippen LogP contribution in [0.25, 0.3) is 6.08 Å². The van der Waals surface area contributed by atoms with Gasteiger partial charge in [0.1, 0.15) is 0 Å². The lowest BCUT2D eigenvalue weighted by molar-refractivity contribution is -0.116. The van der Waals surface area contributed by atoms with Gasteiger partial charge in [-0.3, -0.25) is 14.7 Å². The average molecular weight is 287 g/mol. The number of carbonyl (C=O) groups is 1. The Morgan fingerprint density at radius 3 is 3.14 bits per heavy atom. The monoisotopic (exact) mass is 287 g/mol. The smallest absolute Gasteiger partial charge is 0.244 e. The molecule has 0 aliphatic carbocycles. The molecule has 4 nitrogen and oxygen atoms in total. The number of aromatic nitrogens is 1. The topological polar surface area (TPSA) is 45.2 Å². The van der Waals surface area contributed by atoms with E-state index in [2.05, 4.69) is 29.0 Å². The summed E-state index contributed by atoms with van der Waals surface area (Å²) in [6.45, 7) is 6.30. The van der Waals surface area contributed by atoms with Gasteiger partial charge in [-0.15, -0.1) is 0 Å². The molecular weight excluding hydrogens is 262 g/mol. The summed E-state index contributed by atoms with van der Waals surface area (Å²) in [4.78, 5) is 18.4. The Bertz CT molecular complexity index is 472. The van der Waals surface area contributed by atoms with Crippen LogP contribution < -0.4 is 5.32 Å². The van der Waals surface area contributed by atoms with Crippen molar-refractivity contribution in [3.05, 3.63) is 36.2 Å². The number of hydrogen-bond donors (Lipinski definition) is 1. The van der Waals surface area contributed by atoms with Crippen LogP contribution in [0.3, 0.4) is 0 Å². The third kappa shape index (κ3) is 4.97. The number of nitrogens with one attached hydrogen (secondary N) is 1. The van der Waals surface area contributed by atoms with Crippen molar-refractivity contribution in [3.63, 3.8) is 0 Å². The predicted molar refractivity (Wildman–Crippen MR) is 85.8 cm³/mol. The van der Waals surface area contributed by atoms with Crippen molar-refractivity contribution in [2.24, 2.45) is 0 Å². The van der Waals surface area contributed by atoms with Gasteiger partial charge in [0, 0.05) is 37.1 Å². The zero-order valence-corrected chi connectivity index (χ0v) is 13.0. The molecule has 2 heterocycles. The van der Waals surface area contributed by atoms with E-state index in [1.165, 1.54) is 19.3 Å². The summed E-state index contributed by atoms with van der Waals surface area (Å²) < 4.78 is 0. The number of likely N-dealkylation sites (tertiary alicyclic amines) is 1. The first-order valence-electron chi connectivity index (χ1n) is 7.78. The minimum Gasteiger partial charge on any atom is -0.351 e. The highest BCUT2D eigenvalue weighted by Crippen LogP contribution is 2.18. The van der Waals surface area contributed by atoms with Crippen molar-refractivity contribution in [2.45, 2.75) is 45.2 Å². The molecule has 4 heteroatoms. The number of carbonyl (C=O) groups excluding carboxylic acids is 1. The van der Waals surface area contributed by atoms with Gasteiger partial charge in [0.2, 0.25) is 5.91 Å². The van der Waals surface area contributed by atoms with E-state index in [0.717, 1.165) is 12.1 Å². The summed E-state index contributed by atoms with van der Waals surface area (Å²) >= 11 is 0. The first-order chi connectivity index (χ1) is 10.2. The summed E-state index contributed by atoms with van der Waals surface area (Å²) in [5.74, 6) is -0.0460. The van der Waals surface area contributed by atoms with Crippen molar-refractivity contribution in [1.29, 1.82) is 0 Å². The number of amides is 1. The molecule has 0 bridgehead atoms. The maximum Gasteiger partial charge on any atom is 0.244 e. The van der Waals surface area contributed by atoms with Gasteiger partial charge in [0.25, 0.3) is 0 Å². The Morgan fingerprint density at radius 1 is 1.57 bits per heavy atom. The molecule has 1 aromatic heterocycles.